The molecule has 0 saturated carbocycles. The van der Waals surface area contributed by atoms with Gasteiger partial charge in [0, 0.05) is 38.6 Å². The summed E-state index contributed by atoms with van der Waals surface area (Å²) in [6.45, 7) is 2.10. The zero-order valence-corrected chi connectivity index (χ0v) is 11.2. The molecule has 0 radical (unpaired) electrons. The molecule has 0 bridgehead atoms. The predicted molar refractivity (Wildman–Crippen MR) is 76.3 cm³/mol. The Balaban J connectivity index is 1.55. The number of anilines is 2. The summed E-state index contributed by atoms with van der Waals surface area (Å²) in [5.74, 6) is 1.09. The van der Waals surface area contributed by atoms with Crippen LogP contribution >= 0.6 is 0 Å². The first-order valence-corrected chi connectivity index (χ1v) is 6.72. The van der Waals surface area contributed by atoms with E-state index in [1.54, 1.807) is 0 Å². The fourth-order valence-corrected chi connectivity index (χ4v) is 2.53. The van der Waals surface area contributed by atoms with Gasteiger partial charge in [-0.2, -0.15) is 5.10 Å². The Kier molecular flexibility index (Phi) is 3.35. The van der Waals surface area contributed by atoms with Gasteiger partial charge in [-0.15, -0.1) is 0 Å². The molecule has 1 saturated heterocycles. The average Bonchev–Trinajstić information content (AvgIpc) is 2.86. The average molecular weight is 257 g/mol. The molecule has 1 aliphatic heterocycles. The summed E-state index contributed by atoms with van der Waals surface area (Å²) in [6, 6.07) is 6.61. The van der Waals surface area contributed by atoms with Gasteiger partial charge in [0.1, 0.15) is 5.82 Å². The summed E-state index contributed by atoms with van der Waals surface area (Å²) in [5.41, 5.74) is 1.11. The maximum absolute atomic E-state index is 4.41. The van der Waals surface area contributed by atoms with Crippen molar-refractivity contribution in [2.24, 2.45) is 7.05 Å². The maximum Gasteiger partial charge on any atom is 0.128 e. The van der Waals surface area contributed by atoms with Gasteiger partial charge < -0.3 is 10.2 Å². The molecule has 0 spiro atoms. The summed E-state index contributed by atoms with van der Waals surface area (Å²) < 4.78 is 1.82. The lowest BCUT2D eigenvalue weighted by atomic mass is 10.0. The van der Waals surface area contributed by atoms with Gasteiger partial charge in [0.25, 0.3) is 0 Å². The van der Waals surface area contributed by atoms with E-state index in [1.165, 1.54) is 0 Å². The Morgan fingerprint density at radius 3 is 2.74 bits per heavy atom. The van der Waals surface area contributed by atoms with Crippen molar-refractivity contribution in [3.8, 4) is 0 Å². The number of nitrogens with zero attached hydrogens (tertiary/aromatic N) is 4. The van der Waals surface area contributed by atoms with Crippen molar-refractivity contribution >= 4 is 11.5 Å². The largest absolute Gasteiger partial charge is 0.380 e. The zero-order chi connectivity index (χ0) is 13.1. The van der Waals surface area contributed by atoms with Gasteiger partial charge in [-0.3, -0.25) is 4.68 Å². The van der Waals surface area contributed by atoms with E-state index in [4.69, 9.17) is 0 Å². The topological polar surface area (TPSA) is 46.0 Å². The summed E-state index contributed by atoms with van der Waals surface area (Å²) in [4.78, 5) is 6.76. The van der Waals surface area contributed by atoms with Crippen molar-refractivity contribution in [1.82, 2.24) is 14.8 Å². The molecular weight excluding hydrogens is 238 g/mol. The highest BCUT2D eigenvalue weighted by Crippen LogP contribution is 2.19. The van der Waals surface area contributed by atoms with Crippen LogP contribution in [0.3, 0.4) is 0 Å². The lowest BCUT2D eigenvalue weighted by Crippen LogP contribution is -2.39. The van der Waals surface area contributed by atoms with Crippen LogP contribution in [-0.4, -0.2) is 33.9 Å². The van der Waals surface area contributed by atoms with Gasteiger partial charge in [0.05, 0.1) is 11.9 Å². The molecule has 3 rings (SSSR count). The van der Waals surface area contributed by atoms with Crippen molar-refractivity contribution in [1.29, 1.82) is 0 Å². The Morgan fingerprint density at radius 1 is 1.26 bits per heavy atom. The summed E-state index contributed by atoms with van der Waals surface area (Å²) >= 11 is 0. The van der Waals surface area contributed by atoms with Gasteiger partial charge in [-0.05, 0) is 25.0 Å². The minimum atomic E-state index is 0.532. The monoisotopic (exact) mass is 257 g/mol. The molecule has 19 heavy (non-hydrogen) atoms. The Bertz CT molecular complexity index is 514. The van der Waals surface area contributed by atoms with Crippen LogP contribution in [0, 0.1) is 0 Å². The van der Waals surface area contributed by atoms with E-state index < -0.39 is 0 Å². The molecule has 1 aliphatic rings. The molecule has 0 aliphatic carbocycles. The SMILES string of the molecule is Cn1cc(NC2CCN(c3ccccn3)CC2)cn1. The number of nitrogens with one attached hydrogen (secondary N) is 1. The van der Waals surface area contributed by atoms with Crippen LogP contribution in [0.15, 0.2) is 36.8 Å². The second kappa shape index (κ2) is 5.30. The van der Waals surface area contributed by atoms with E-state index in [9.17, 15) is 0 Å². The minimum Gasteiger partial charge on any atom is -0.380 e. The van der Waals surface area contributed by atoms with E-state index in [0.717, 1.165) is 37.4 Å². The third-order valence-electron chi connectivity index (χ3n) is 3.54. The third-order valence-corrected chi connectivity index (χ3v) is 3.54. The van der Waals surface area contributed by atoms with Crippen molar-refractivity contribution in [2.45, 2.75) is 18.9 Å². The van der Waals surface area contributed by atoms with Crippen LogP contribution in [0.4, 0.5) is 11.5 Å². The van der Waals surface area contributed by atoms with E-state index in [-0.39, 0.29) is 0 Å². The highest BCUT2D eigenvalue weighted by molar-refractivity contribution is 5.41. The van der Waals surface area contributed by atoms with E-state index in [1.807, 2.05) is 42.5 Å². The van der Waals surface area contributed by atoms with Crippen LogP contribution in [0.5, 0.6) is 0 Å². The van der Waals surface area contributed by atoms with Crippen LogP contribution in [0.1, 0.15) is 12.8 Å². The van der Waals surface area contributed by atoms with Crippen LogP contribution < -0.4 is 10.2 Å². The van der Waals surface area contributed by atoms with Crippen LogP contribution in [0.25, 0.3) is 0 Å². The predicted octanol–water partition coefficient (Wildman–Crippen LogP) is 1.90. The second-order valence-electron chi connectivity index (χ2n) is 5.00. The smallest absolute Gasteiger partial charge is 0.128 e. The molecule has 0 unspecified atom stereocenters. The number of hydrogen-bond acceptors (Lipinski definition) is 4. The molecule has 1 N–H and O–H groups in total. The van der Waals surface area contributed by atoms with Gasteiger partial charge in [-0.1, -0.05) is 6.07 Å². The zero-order valence-electron chi connectivity index (χ0n) is 11.2. The highest BCUT2D eigenvalue weighted by atomic mass is 15.3. The first kappa shape index (κ1) is 12.0. The normalized spacial score (nSPS) is 16.6. The molecule has 2 aromatic heterocycles. The van der Waals surface area contributed by atoms with Crippen molar-refractivity contribution < 1.29 is 0 Å². The Hall–Kier alpha value is -2.04. The van der Waals surface area contributed by atoms with Crippen molar-refractivity contribution in [2.75, 3.05) is 23.3 Å². The molecule has 2 aromatic rings. The maximum atomic E-state index is 4.41. The summed E-state index contributed by atoms with van der Waals surface area (Å²) in [6.07, 6.45) is 8.02. The lowest BCUT2D eigenvalue weighted by Gasteiger charge is -2.33. The fourth-order valence-electron chi connectivity index (χ4n) is 2.53. The second-order valence-corrected chi connectivity index (χ2v) is 5.00. The standard InChI is InChI=1S/C14H19N5/c1-18-11-13(10-16-18)17-12-5-8-19(9-6-12)14-4-2-3-7-15-14/h2-4,7,10-12,17H,5-6,8-9H2,1H3. The van der Waals surface area contributed by atoms with Crippen LogP contribution in [0.2, 0.25) is 0 Å². The molecular formula is C14H19N5. The van der Waals surface area contributed by atoms with Crippen molar-refractivity contribution in [3.05, 3.63) is 36.8 Å². The number of piperidine rings is 1. The number of aromatic nitrogens is 3. The summed E-state index contributed by atoms with van der Waals surface area (Å²) in [5, 5.41) is 7.72. The molecule has 5 nitrogen and oxygen atoms in total. The van der Waals surface area contributed by atoms with Gasteiger partial charge in [-0.25, -0.2) is 4.98 Å². The highest BCUT2D eigenvalue weighted by Gasteiger charge is 2.19. The quantitative estimate of drug-likeness (QED) is 0.912. The van der Waals surface area contributed by atoms with E-state index >= 15 is 0 Å². The van der Waals surface area contributed by atoms with Gasteiger partial charge in [0.2, 0.25) is 0 Å². The van der Waals surface area contributed by atoms with Crippen molar-refractivity contribution in [3.63, 3.8) is 0 Å². The molecule has 3 heterocycles. The first-order chi connectivity index (χ1) is 9.31. The van der Waals surface area contributed by atoms with Gasteiger partial charge >= 0.3 is 0 Å². The lowest BCUT2D eigenvalue weighted by molar-refractivity contribution is 0.523. The molecule has 0 aromatic carbocycles. The van der Waals surface area contributed by atoms with E-state index in [0.29, 0.717) is 6.04 Å². The number of aryl methyl sites for hydroxylation is 1. The molecule has 0 amide bonds. The Labute approximate surface area is 113 Å². The first-order valence-electron chi connectivity index (χ1n) is 6.72. The molecule has 1 fully saturated rings. The molecule has 5 heteroatoms. The van der Waals surface area contributed by atoms with Crippen LogP contribution in [-0.2, 0) is 7.05 Å². The number of rotatable bonds is 3. The van der Waals surface area contributed by atoms with E-state index in [2.05, 4.69) is 26.4 Å². The Morgan fingerprint density at radius 2 is 2.11 bits per heavy atom. The number of hydrogen-bond donors (Lipinski definition) is 1. The minimum absolute atomic E-state index is 0.532. The molecule has 0 atom stereocenters. The summed E-state index contributed by atoms with van der Waals surface area (Å²) in [7, 11) is 1.94. The molecule has 100 valence electrons. The fraction of sp³-hybridized carbons (Fsp3) is 0.429. The van der Waals surface area contributed by atoms with Gasteiger partial charge in [0.15, 0.2) is 0 Å². The number of pyridine rings is 1. The third kappa shape index (κ3) is 2.86.